The molecule has 1 aromatic heterocycles. The van der Waals surface area contributed by atoms with Crippen LogP contribution in [-0.4, -0.2) is 45.9 Å². The van der Waals surface area contributed by atoms with Crippen LogP contribution < -0.4 is 5.73 Å². The van der Waals surface area contributed by atoms with Crippen LogP contribution in [0.5, 0.6) is 0 Å². The third-order valence-electron chi connectivity index (χ3n) is 3.33. The summed E-state index contributed by atoms with van der Waals surface area (Å²) in [5, 5.41) is 8.19. The normalized spacial score (nSPS) is 11.5. The standard InChI is InChI=1S/C15H20FN5O/c1-15(2,9-17)10-20(3)14(22)13-8-18-21(19-13)12-6-4-11(16)5-7-12/h4-8H,9-10,17H2,1-3H3. The van der Waals surface area contributed by atoms with Crippen molar-refractivity contribution in [1.29, 1.82) is 0 Å². The predicted molar refractivity (Wildman–Crippen MR) is 81.1 cm³/mol. The van der Waals surface area contributed by atoms with Gasteiger partial charge >= 0.3 is 0 Å². The summed E-state index contributed by atoms with van der Waals surface area (Å²) in [6.07, 6.45) is 1.40. The molecule has 0 saturated heterocycles. The Balaban J connectivity index is 2.13. The Kier molecular flexibility index (Phi) is 4.56. The number of hydrogen-bond acceptors (Lipinski definition) is 4. The molecule has 2 rings (SSSR count). The van der Waals surface area contributed by atoms with Gasteiger partial charge in [-0.15, -0.1) is 5.10 Å². The highest BCUT2D eigenvalue weighted by molar-refractivity contribution is 5.91. The molecule has 0 saturated carbocycles. The van der Waals surface area contributed by atoms with Crippen LogP contribution in [0.1, 0.15) is 24.3 Å². The van der Waals surface area contributed by atoms with Crippen molar-refractivity contribution in [2.75, 3.05) is 20.1 Å². The van der Waals surface area contributed by atoms with Gasteiger partial charge in [0.15, 0.2) is 5.69 Å². The maximum Gasteiger partial charge on any atom is 0.275 e. The van der Waals surface area contributed by atoms with Crippen molar-refractivity contribution in [2.45, 2.75) is 13.8 Å². The van der Waals surface area contributed by atoms with Gasteiger partial charge in [0.1, 0.15) is 5.82 Å². The highest BCUT2D eigenvalue weighted by Crippen LogP contribution is 2.15. The molecule has 6 nitrogen and oxygen atoms in total. The lowest BCUT2D eigenvalue weighted by Crippen LogP contribution is -2.39. The zero-order chi connectivity index (χ0) is 16.3. The molecule has 0 spiro atoms. The molecule has 7 heteroatoms. The minimum absolute atomic E-state index is 0.169. The van der Waals surface area contributed by atoms with E-state index in [1.165, 1.54) is 23.1 Å². The lowest BCUT2D eigenvalue weighted by molar-refractivity contribution is 0.0734. The summed E-state index contributed by atoms with van der Waals surface area (Å²) in [5.74, 6) is -0.564. The molecule has 1 heterocycles. The molecule has 118 valence electrons. The van der Waals surface area contributed by atoms with E-state index in [2.05, 4.69) is 10.2 Å². The van der Waals surface area contributed by atoms with Gasteiger partial charge in [-0.25, -0.2) is 4.39 Å². The van der Waals surface area contributed by atoms with E-state index >= 15 is 0 Å². The molecular formula is C15H20FN5O. The van der Waals surface area contributed by atoms with Gasteiger partial charge in [0, 0.05) is 13.6 Å². The van der Waals surface area contributed by atoms with Gasteiger partial charge in [0.05, 0.1) is 11.9 Å². The first-order valence-corrected chi connectivity index (χ1v) is 6.96. The fourth-order valence-corrected chi connectivity index (χ4v) is 2.03. The van der Waals surface area contributed by atoms with Crippen molar-refractivity contribution in [2.24, 2.45) is 11.1 Å². The maximum absolute atomic E-state index is 12.9. The van der Waals surface area contributed by atoms with Crippen molar-refractivity contribution in [3.8, 4) is 5.69 Å². The van der Waals surface area contributed by atoms with E-state index in [0.717, 1.165) is 0 Å². The third kappa shape index (κ3) is 3.67. The molecule has 0 unspecified atom stereocenters. The van der Waals surface area contributed by atoms with Gasteiger partial charge in [-0.2, -0.15) is 9.90 Å². The van der Waals surface area contributed by atoms with E-state index in [4.69, 9.17) is 5.73 Å². The molecule has 2 N–H and O–H groups in total. The Morgan fingerprint density at radius 3 is 2.59 bits per heavy atom. The van der Waals surface area contributed by atoms with E-state index in [9.17, 15) is 9.18 Å². The highest BCUT2D eigenvalue weighted by atomic mass is 19.1. The Bertz CT molecular complexity index is 650. The fraction of sp³-hybridized carbons (Fsp3) is 0.400. The molecule has 0 aliphatic heterocycles. The third-order valence-corrected chi connectivity index (χ3v) is 3.33. The second kappa shape index (κ2) is 6.23. The monoisotopic (exact) mass is 305 g/mol. The molecule has 22 heavy (non-hydrogen) atoms. The second-order valence-corrected chi connectivity index (χ2v) is 6.03. The van der Waals surface area contributed by atoms with Gasteiger partial charge < -0.3 is 10.6 Å². The Hall–Kier alpha value is -2.28. The summed E-state index contributed by atoms with van der Waals surface area (Å²) in [6.45, 7) is 4.98. The van der Waals surface area contributed by atoms with Crippen LogP contribution in [0.3, 0.4) is 0 Å². The highest BCUT2D eigenvalue weighted by Gasteiger charge is 2.23. The summed E-state index contributed by atoms with van der Waals surface area (Å²) >= 11 is 0. The van der Waals surface area contributed by atoms with Crippen molar-refractivity contribution >= 4 is 5.91 Å². The summed E-state index contributed by atoms with van der Waals surface area (Å²) in [4.78, 5) is 15.2. The summed E-state index contributed by atoms with van der Waals surface area (Å²) in [6, 6.07) is 5.72. The minimum atomic E-state index is -0.337. The fourth-order valence-electron chi connectivity index (χ4n) is 2.03. The lowest BCUT2D eigenvalue weighted by Gasteiger charge is -2.28. The van der Waals surface area contributed by atoms with Crippen molar-refractivity contribution in [3.05, 3.63) is 42.0 Å². The van der Waals surface area contributed by atoms with Crippen molar-refractivity contribution < 1.29 is 9.18 Å². The van der Waals surface area contributed by atoms with E-state index in [-0.39, 0.29) is 22.8 Å². The Morgan fingerprint density at radius 2 is 2.00 bits per heavy atom. The first-order chi connectivity index (χ1) is 10.3. The number of nitrogens with two attached hydrogens (primary N) is 1. The number of amides is 1. The predicted octanol–water partition coefficient (Wildman–Crippen LogP) is 1.46. The zero-order valence-corrected chi connectivity index (χ0v) is 13.0. The molecule has 0 fully saturated rings. The number of nitrogens with zero attached hydrogens (tertiary/aromatic N) is 4. The van der Waals surface area contributed by atoms with Gasteiger partial charge in [-0.05, 0) is 36.2 Å². The van der Waals surface area contributed by atoms with Crippen molar-refractivity contribution in [1.82, 2.24) is 19.9 Å². The number of rotatable bonds is 5. The first kappa shape index (κ1) is 16.1. The molecule has 0 radical (unpaired) electrons. The molecule has 1 amide bonds. The minimum Gasteiger partial charge on any atom is -0.340 e. The van der Waals surface area contributed by atoms with Crippen LogP contribution in [0.2, 0.25) is 0 Å². The molecule has 1 aromatic carbocycles. The maximum atomic E-state index is 12.9. The van der Waals surface area contributed by atoms with Crippen LogP contribution in [0, 0.1) is 11.2 Å². The molecule has 2 aromatic rings. The largest absolute Gasteiger partial charge is 0.340 e. The summed E-state index contributed by atoms with van der Waals surface area (Å²) < 4.78 is 12.9. The number of aromatic nitrogens is 3. The SMILES string of the molecule is CN(CC(C)(C)CN)C(=O)c1cnn(-c2ccc(F)cc2)n1. The van der Waals surface area contributed by atoms with Gasteiger partial charge in [-0.3, -0.25) is 4.79 Å². The number of carbonyl (C=O) groups excluding carboxylic acids is 1. The average molecular weight is 305 g/mol. The molecule has 0 aliphatic rings. The molecule has 0 bridgehead atoms. The topological polar surface area (TPSA) is 77.0 Å². The number of halogens is 1. The summed E-state index contributed by atoms with van der Waals surface area (Å²) in [7, 11) is 1.71. The van der Waals surface area contributed by atoms with Crippen LogP contribution in [0.15, 0.2) is 30.5 Å². The van der Waals surface area contributed by atoms with Gasteiger partial charge in [-0.1, -0.05) is 13.8 Å². The molecular weight excluding hydrogens is 285 g/mol. The number of carbonyl (C=O) groups is 1. The van der Waals surface area contributed by atoms with Crippen LogP contribution in [0.25, 0.3) is 5.69 Å². The van der Waals surface area contributed by atoms with E-state index in [0.29, 0.717) is 18.8 Å². The zero-order valence-electron chi connectivity index (χ0n) is 13.0. The Morgan fingerprint density at radius 1 is 1.36 bits per heavy atom. The number of benzene rings is 1. The second-order valence-electron chi connectivity index (χ2n) is 6.03. The van der Waals surface area contributed by atoms with Gasteiger partial charge in [0.25, 0.3) is 5.91 Å². The lowest BCUT2D eigenvalue weighted by atomic mass is 9.93. The van der Waals surface area contributed by atoms with E-state index < -0.39 is 0 Å². The Labute approximate surface area is 128 Å². The van der Waals surface area contributed by atoms with Crippen LogP contribution in [-0.2, 0) is 0 Å². The summed E-state index contributed by atoms with van der Waals surface area (Å²) in [5.41, 5.74) is 6.34. The molecule has 0 atom stereocenters. The number of hydrogen-bond donors (Lipinski definition) is 1. The quantitative estimate of drug-likeness (QED) is 0.907. The smallest absolute Gasteiger partial charge is 0.275 e. The van der Waals surface area contributed by atoms with Gasteiger partial charge in [0.2, 0.25) is 0 Å². The average Bonchev–Trinajstić information content (AvgIpc) is 2.96. The van der Waals surface area contributed by atoms with E-state index in [1.807, 2.05) is 13.8 Å². The van der Waals surface area contributed by atoms with E-state index in [1.54, 1.807) is 24.1 Å². The molecule has 0 aliphatic carbocycles. The van der Waals surface area contributed by atoms with Crippen molar-refractivity contribution in [3.63, 3.8) is 0 Å². The first-order valence-electron chi connectivity index (χ1n) is 6.96. The van der Waals surface area contributed by atoms with Crippen LogP contribution in [0.4, 0.5) is 4.39 Å². The van der Waals surface area contributed by atoms with Crippen LogP contribution >= 0.6 is 0 Å².